The van der Waals surface area contributed by atoms with Crippen molar-refractivity contribution >= 4 is 5.97 Å². The van der Waals surface area contributed by atoms with E-state index in [1.807, 2.05) is 0 Å². The van der Waals surface area contributed by atoms with Crippen LogP contribution >= 0.6 is 0 Å². The van der Waals surface area contributed by atoms with Gasteiger partial charge < -0.3 is 9.26 Å². The number of rotatable bonds is 3. The van der Waals surface area contributed by atoms with Gasteiger partial charge in [-0.05, 0) is 19.1 Å². The molecule has 1 aromatic carbocycles. The molecule has 0 saturated heterocycles. The van der Waals surface area contributed by atoms with Crippen molar-refractivity contribution in [2.24, 2.45) is 0 Å². The Kier molecular flexibility index (Phi) is 3.36. The van der Waals surface area contributed by atoms with E-state index in [4.69, 9.17) is 9.26 Å². The summed E-state index contributed by atoms with van der Waals surface area (Å²) in [4.78, 5) is 14.8. The summed E-state index contributed by atoms with van der Waals surface area (Å²) >= 11 is 0. The predicted octanol–water partition coefficient (Wildman–Crippen LogP) is 2.50. The fourth-order valence-electron chi connectivity index (χ4n) is 1.44. The monoisotopic (exact) mass is 250 g/mol. The fourth-order valence-corrected chi connectivity index (χ4v) is 1.44. The van der Waals surface area contributed by atoms with Gasteiger partial charge in [-0.15, -0.1) is 0 Å². The van der Waals surface area contributed by atoms with Crippen molar-refractivity contribution in [1.29, 1.82) is 0 Å². The third-order valence-corrected chi connectivity index (χ3v) is 2.22. The lowest BCUT2D eigenvalue weighted by Crippen LogP contribution is -2.04. The Morgan fingerprint density at radius 3 is 2.94 bits per heavy atom. The third kappa shape index (κ3) is 2.71. The Bertz CT molecular complexity index is 568. The van der Waals surface area contributed by atoms with Gasteiger partial charge in [-0.3, -0.25) is 4.79 Å². The lowest BCUT2D eigenvalue weighted by molar-refractivity contribution is -0.146. The van der Waals surface area contributed by atoms with E-state index in [1.165, 1.54) is 19.1 Å². The van der Waals surface area contributed by atoms with Crippen molar-refractivity contribution in [1.82, 2.24) is 10.1 Å². The maximum Gasteiger partial charge on any atom is 0.303 e. The van der Waals surface area contributed by atoms with E-state index in [0.29, 0.717) is 5.56 Å². The average Bonchev–Trinajstić information content (AvgIpc) is 2.77. The first-order valence-electron chi connectivity index (χ1n) is 5.33. The molecule has 0 N–H and O–H groups in total. The Balaban J connectivity index is 2.22. The molecule has 1 atom stereocenters. The zero-order valence-electron chi connectivity index (χ0n) is 9.88. The highest BCUT2D eigenvalue weighted by molar-refractivity contribution is 5.66. The first-order chi connectivity index (χ1) is 8.56. The molecular formula is C12H11FN2O3. The third-order valence-electron chi connectivity index (χ3n) is 2.22. The molecule has 0 aliphatic heterocycles. The summed E-state index contributed by atoms with van der Waals surface area (Å²) in [5.41, 5.74) is 0.500. The number of nitrogens with zero attached hydrogens (tertiary/aromatic N) is 2. The van der Waals surface area contributed by atoms with Crippen LogP contribution in [0.15, 0.2) is 28.8 Å². The van der Waals surface area contributed by atoms with Crippen molar-refractivity contribution in [2.75, 3.05) is 0 Å². The molecule has 0 spiro atoms. The number of halogens is 1. The summed E-state index contributed by atoms with van der Waals surface area (Å²) in [6, 6.07) is 5.83. The number of aromatic nitrogens is 2. The molecule has 2 aromatic rings. The zero-order chi connectivity index (χ0) is 13.1. The summed E-state index contributed by atoms with van der Waals surface area (Å²) in [7, 11) is 0. The second-order valence-electron chi connectivity index (χ2n) is 3.72. The van der Waals surface area contributed by atoms with Gasteiger partial charge in [-0.2, -0.15) is 4.98 Å². The standard InChI is InChI=1S/C12H11FN2O3/c1-7(17-8(2)16)12-14-11(15-18-12)9-4-3-5-10(13)6-9/h3-7H,1-2H3/t7-/m0/s1. The first kappa shape index (κ1) is 12.2. The summed E-state index contributed by atoms with van der Waals surface area (Å²) < 4.78 is 22.9. The zero-order valence-corrected chi connectivity index (χ0v) is 9.88. The van der Waals surface area contributed by atoms with E-state index in [0.717, 1.165) is 0 Å². The molecule has 0 bridgehead atoms. The van der Waals surface area contributed by atoms with Gasteiger partial charge in [0.05, 0.1) is 0 Å². The SMILES string of the molecule is CC(=O)O[C@@H](C)c1nc(-c2cccc(F)c2)no1. The van der Waals surface area contributed by atoms with Crippen molar-refractivity contribution in [3.8, 4) is 11.4 Å². The molecule has 0 aliphatic carbocycles. The molecule has 0 fully saturated rings. The van der Waals surface area contributed by atoms with Gasteiger partial charge >= 0.3 is 5.97 Å². The molecule has 18 heavy (non-hydrogen) atoms. The number of hydrogen-bond acceptors (Lipinski definition) is 5. The molecule has 94 valence electrons. The maximum absolute atomic E-state index is 13.0. The van der Waals surface area contributed by atoms with Gasteiger partial charge in [0, 0.05) is 12.5 Å². The summed E-state index contributed by atoms with van der Waals surface area (Å²) in [6.07, 6.45) is -0.627. The predicted molar refractivity (Wildman–Crippen MR) is 59.9 cm³/mol. The molecule has 1 aromatic heterocycles. The maximum atomic E-state index is 13.0. The largest absolute Gasteiger partial charge is 0.453 e. The number of benzene rings is 1. The van der Waals surface area contributed by atoms with Crippen LogP contribution in [0.1, 0.15) is 25.8 Å². The molecule has 0 unspecified atom stereocenters. The molecule has 2 rings (SSSR count). The highest BCUT2D eigenvalue weighted by Gasteiger charge is 2.17. The van der Waals surface area contributed by atoms with Crippen LogP contribution in [0.3, 0.4) is 0 Å². The quantitative estimate of drug-likeness (QED) is 0.783. The van der Waals surface area contributed by atoms with Gasteiger partial charge in [0.1, 0.15) is 5.82 Å². The minimum atomic E-state index is -0.627. The van der Waals surface area contributed by atoms with Gasteiger partial charge in [-0.25, -0.2) is 4.39 Å². The van der Waals surface area contributed by atoms with Crippen molar-refractivity contribution in [2.45, 2.75) is 20.0 Å². The Hall–Kier alpha value is -2.24. The summed E-state index contributed by atoms with van der Waals surface area (Å²) in [5.74, 6) is -0.396. The van der Waals surface area contributed by atoms with Crippen LogP contribution in [0.25, 0.3) is 11.4 Å². The van der Waals surface area contributed by atoms with Crippen LogP contribution in [-0.4, -0.2) is 16.1 Å². The number of carbonyl (C=O) groups excluding carboxylic acids is 1. The van der Waals surface area contributed by atoms with E-state index in [9.17, 15) is 9.18 Å². The summed E-state index contributed by atoms with van der Waals surface area (Å²) in [5, 5.41) is 3.71. The molecule has 0 radical (unpaired) electrons. The highest BCUT2D eigenvalue weighted by Crippen LogP contribution is 2.20. The topological polar surface area (TPSA) is 65.2 Å². The molecule has 0 saturated carbocycles. The molecule has 0 aliphatic rings. The van der Waals surface area contributed by atoms with E-state index in [-0.39, 0.29) is 17.5 Å². The lowest BCUT2D eigenvalue weighted by Gasteiger charge is -2.05. The van der Waals surface area contributed by atoms with Crippen LogP contribution in [-0.2, 0) is 9.53 Å². The van der Waals surface area contributed by atoms with Crippen LogP contribution in [0.2, 0.25) is 0 Å². The molecule has 5 nitrogen and oxygen atoms in total. The Labute approximate surface area is 103 Å². The van der Waals surface area contributed by atoms with E-state index < -0.39 is 12.1 Å². The minimum Gasteiger partial charge on any atom is -0.453 e. The number of carbonyl (C=O) groups is 1. The smallest absolute Gasteiger partial charge is 0.303 e. The van der Waals surface area contributed by atoms with Crippen LogP contribution in [0.4, 0.5) is 4.39 Å². The van der Waals surface area contributed by atoms with Crippen LogP contribution in [0, 0.1) is 5.82 Å². The van der Waals surface area contributed by atoms with Crippen LogP contribution < -0.4 is 0 Å². The van der Waals surface area contributed by atoms with Crippen LogP contribution in [0.5, 0.6) is 0 Å². The number of hydrogen-bond donors (Lipinski definition) is 0. The minimum absolute atomic E-state index is 0.171. The Morgan fingerprint density at radius 1 is 1.50 bits per heavy atom. The first-order valence-corrected chi connectivity index (χ1v) is 5.33. The average molecular weight is 250 g/mol. The summed E-state index contributed by atoms with van der Waals surface area (Å²) in [6.45, 7) is 2.91. The number of esters is 1. The second-order valence-corrected chi connectivity index (χ2v) is 3.72. The van der Waals surface area contributed by atoms with Crippen molar-refractivity contribution < 1.29 is 18.4 Å². The lowest BCUT2D eigenvalue weighted by atomic mass is 10.2. The van der Waals surface area contributed by atoms with Gasteiger partial charge in [-0.1, -0.05) is 17.3 Å². The Morgan fingerprint density at radius 2 is 2.28 bits per heavy atom. The van der Waals surface area contributed by atoms with Crippen molar-refractivity contribution in [3.05, 3.63) is 36.0 Å². The fraction of sp³-hybridized carbons (Fsp3) is 0.250. The van der Waals surface area contributed by atoms with Gasteiger partial charge in [0.15, 0.2) is 6.10 Å². The van der Waals surface area contributed by atoms with E-state index in [1.54, 1.807) is 19.1 Å². The molecule has 6 heteroatoms. The molecule has 0 amide bonds. The highest BCUT2D eigenvalue weighted by atomic mass is 19.1. The normalized spacial score (nSPS) is 12.2. The molecule has 1 heterocycles. The van der Waals surface area contributed by atoms with Crippen molar-refractivity contribution in [3.63, 3.8) is 0 Å². The molecular weight excluding hydrogens is 239 g/mol. The van der Waals surface area contributed by atoms with Gasteiger partial charge in [0.2, 0.25) is 5.82 Å². The van der Waals surface area contributed by atoms with E-state index >= 15 is 0 Å². The van der Waals surface area contributed by atoms with Gasteiger partial charge in [0.25, 0.3) is 5.89 Å². The number of ether oxygens (including phenoxy) is 1. The van der Waals surface area contributed by atoms with E-state index in [2.05, 4.69) is 10.1 Å². The second kappa shape index (κ2) is 4.95.